The summed E-state index contributed by atoms with van der Waals surface area (Å²) in [5.74, 6) is 0.100. The zero-order valence-electron chi connectivity index (χ0n) is 23.8. The fourth-order valence-electron chi connectivity index (χ4n) is 4.05. The Morgan fingerprint density at radius 3 is 2.27 bits per heavy atom. The number of aromatic nitrogens is 2. The van der Waals surface area contributed by atoms with Crippen LogP contribution in [0.4, 0.5) is 4.79 Å². The maximum Gasteiger partial charge on any atom is 0.410 e. The van der Waals surface area contributed by atoms with Gasteiger partial charge in [-0.05, 0) is 71.2 Å². The lowest BCUT2D eigenvalue weighted by Gasteiger charge is -2.30. The number of hydrogen-bond donors (Lipinski definition) is 0. The smallest absolute Gasteiger partial charge is 0.410 e. The van der Waals surface area contributed by atoms with Crippen molar-refractivity contribution in [2.24, 2.45) is 0 Å². The number of aryl methyl sites for hydroxylation is 2. The van der Waals surface area contributed by atoms with Gasteiger partial charge < -0.3 is 9.64 Å². The Morgan fingerprint density at radius 1 is 1.08 bits per heavy atom. The Morgan fingerprint density at radius 2 is 1.73 bits per heavy atom. The van der Waals surface area contributed by atoms with Crippen LogP contribution in [0.15, 0.2) is 35.7 Å². The molecule has 3 heterocycles. The monoisotopic (exact) mass is 523 g/mol. The van der Waals surface area contributed by atoms with Crippen molar-refractivity contribution in [3.8, 4) is 5.69 Å². The van der Waals surface area contributed by atoms with Crippen molar-refractivity contribution in [3.05, 3.63) is 68.7 Å². The molecule has 0 N–H and O–H groups in total. The number of ether oxygens (including phenoxy) is 1. The van der Waals surface area contributed by atoms with E-state index in [0.717, 1.165) is 40.2 Å². The third-order valence-corrected chi connectivity index (χ3v) is 7.18. The summed E-state index contributed by atoms with van der Waals surface area (Å²) in [5.41, 5.74) is 6.38. The van der Waals surface area contributed by atoms with Gasteiger partial charge in [-0.25, -0.2) is 9.48 Å². The van der Waals surface area contributed by atoms with E-state index < -0.39 is 5.60 Å². The highest BCUT2D eigenvalue weighted by Crippen LogP contribution is 2.30. The summed E-state index contributed by atoms with van der Waals surface area (Å²) in [6, 6.07) is 10.8. The van der Waals surface area contributed by atoms with Crippen molar-refractivity contribution in [3.63, 3.8) is 0 Å². The molecule has 1 aliphatic heterocycles. The Hall–Kier alpha value is -2.93. The molecule has 0 fully saturated rings. The summed E-state index contributed by atoms with van der Waals surface area (Å²) in [5, 5.41) is 6.66. The van der Waals surface area contributed by atoms with Crippen LogP contribution in [0.3, 0.4) is 0 Å². The molecule has 0 saturated heterocycles. The average molecular weight is 524 g/mol. The molecule has 6 nitrogen and oxygen atoms in total. The largest absolute Gasteiger partial charge is 0.444 e. The van der Waals surface area contributed by atoms with Crippen LogP contribution in [0.25, 0.3) is 5.69 Å². The van der Waals surface area contributed by atoms with Crippen LogP contribution in [-0.4, -0.2) is 38.7 Å². The van der Waals surface area contributed by atoms with Crippen LogP contribution in [0.1, 0.15) is 93.1 Å². The zero-order chi connectivity index (χ0) is 27.5. The molecular formula is C30H41N3O3S. The number of carbonyl (C=O) groups excluding carboxylic acids is 2. The first-order valence-corrected chi connectivity index (χ1v) is 13.8. The molecule has 2 aromatic heterocycles. The zero-order valence-corrected chi connectivity index (χ0v) is 24.6. The molecule has 0 aliphatic carbocycles. The molecule has 1 amide bonds. The van der Waals surface area contributed by atoms with Gasteiger partial charge in [-0.15, -0.1) is 11.3 Å². The molecule has 7 heteroatoms. The molecule has 1 aliphatic rings. The molecule has 1 aromatic carbocycles. The van der Waals surface area contributed by atoms with Crippen LogP contribution in [0.5, 0.6) is 0 Å². The number of rotatable bonds is 3. The number of nitrogens with zero attached hydrogens (tertiary/aromatic N) is 3. The number of benzene rings is 1. The van der Waals surface area contributed by atoms with E-state index in [1.807, 2.05) is 26.2 Å². The number of ketones is 1. The molecule has 0 radical (unpaired) electrons. The molecule has 0 unspecified atom stereocenters. The maximum atomic E-state index is 12.0. The highest BCUT2D eigenvalue weighted by atomic mass is 32.1. The quantitative estimate of drug-likeness (QED) is 0.338. The summed E-state index contributed by atoms with van der Waals surface area (Å²) in [6.45, 7) is 19.2. The van der Waals surface area contributed by atoms with Gasteiger partial charge in [0.15, 0.2) is 5.78 Å². The highest BCUT2D eigenvalue weighted by Gasteiger charge is 2.28. The predicted octanol–water partition coefficient (Wildman–Crippen LogP) is 7.28. The van der Waals surface area contributed by atoms with Gasteiger partial charge in [0.05, 0.1) is 17.9 Å². The topological polar surface area (TPSA) is 64.4 Å². The van der Waals surface area contributed by atoms with Crippen LogP contribution in [-0.2, 0) is 29.5 Å². The van der Waals surface area contributed by atoms with E-state index in [4.69, 9.17) is 9.84 Å². The van der Waals surface area contributed by atoms with E-state index in [1.165, 1.54) is 11.3 Å². The fourth-order valence-corrected chi connectivity index (χ4v) is 5.21. The van der Waals surface area contributed by atoms with Crippen molar-refractivity contribution < 1.29 is 14.3 Å². The van der Waals surface area contributed by atoms with Gasteiger partial charge in [-0.2, -0.15) is 5.10 Å². The minimum absolute atomic E-state index is 0.0971. The van der Waals surface area contributed by atoms with Crippen LogP contribution < -0.4 is 0 Å². The molecule has 0 spiro atoms. The standard InChI is InChI=1S/C16H22N2.C14H19NO3S/c1-6-13-11-15(16(3,4)5)17-18(13)14-9-7-12(2)8-10-14;1-9(16)11-8-19-12-7-15(6-5-10(11)12)13(17)18-14(2,3)4/h7-11H,6H2,1-5H3;8H,5-7H2,1-4H3. The van der Waals surface area contributed by atoms with Crippen molar-refractivity contribution in [2.45, 2.75) is 92.7 Å². The van der Waals surface area contributed by atoms with Crippen LogP contribution in [0.2, 0.25) is 0 Å². The maximum absolute atomic E-state index is 12.0. The molecule has 200 valence electrons. The van der Waals surface area contributed by atoms with Crippen molar-refractivity contribution in [2.75, 3.05) is 6.54 Å². The number of carbonyl (C=O) groups is 2. The third kappa shape index (κ3) is 7.31. The van der Waals surface area contributed by atoms with E-state index in [9.17, 15) is 9.59 Å². The van der Waals surface area contributed by atoms with Crippen molar-refractivity contribution >= 4 is 23.2 Å². The lowest BCUT2D eigenvalue weighted by Crippen LogP contribution is -2.39. The molecule has 0 saturated carbocycles. The Kier molecular flexibility index (Phi) is 8.68. The SMILES string of the molecule is CC(=O)c1csc2c1CCN(C(=O)OC(C)(C)C)C2.CCc1cc(C(C)(C)C)nn1-c1ccc(C)cc1. The molecule has 3 aromatic rings. The first-order chi connectivity index (χ1) is 17.2. The summed E-state index contributed by atoms with van der Waals surface area (Å²) in [7, 11) is 0. The summed E-state index contributed by atoms with van der Waals surface area (Å²) >= 11 is 1.55. The first-order valence-electron chi connectivity index (χ1n) is 12.9. The van der Waals surface area contributed by atoms with E-state index >= 15 is 0 Å². The molecular weight excluding hydrogens is 482 g/mol. The minimum atomic E-state index is -0.475. The second kappa shape index (κ2) is 11.2. The summed E-state index contributed by atoms with van der Waals surface area (Å²) in [6.07, 6.45) is 1.44. The van der Waals surface area contributed by atoms with Crippen LogP contribution >= 0.6 is 11.3 Å². The number of thiophene rings is 1. The summed E-state index contributed by atoms with van der Waals surface area (Å²) < 4.78 is 7.44. The molecule has 37 heavy (non-hydrogen) atoms. The number of fused-ring (bicyclic) bond motifs is 1. The molecule has 0 atom stereocenters. The summed E-state index contributed by atoms with van der Waals surface area (Å²) in [4.78, 5) is 26.3. The number of hydrogen-bond acceptors (Lipinski definition) is 5. The Bertz CT molecular complexity index is 1240. The van der Waals surface area contributed by atoms with Gasteiger partial charge in [0.25, 0.3) is 0 Å². The minimum Gasteiger partial charge on any atom is -0.444 e. The number of amides is 1. The second-order valence-corrected chi connectivity index (χ2v) is 12.6. The van der Waals surface area contributed by atoms with Gasteiger partial charge in [0.2, 0.25) is 0 Å². The van der Waals surface area contributed by atoms with Gasteiger partial charge >= 0.3 is 6.09 Å². The molecule has 0 bridgehead atoms. The highest BCUT2D eigenvalue weighted by molar-refractivity contribution is 7.10. The van der Waals surface area contributed by atoms with Gasteiger partial charge in [-0.3, -0.25) is 4.79 Å². The molecule has 4 rings (SSSR count). The average Bonchev–Trinajstić information content (AvgIpc) is 3.43. The van der Waals surface area contributed by atoms with Crippen LogP contribution in [0, 0.1) is 6.92 Å². The van der Waals surface area contributed by atoms with Crippen molar-refractivity contribution in [1.29, 1.82) is 0 Å². The van der Waals surface area contributed by atoms with Gasteiger partial charge in [0.1, 0.15) is 5.60 Å². The van der Waals surface area contributed by atoms with E-state index in [0.29, 0.717) is 13.1 Å². The van der Waals surface area contributed by atoms with E-state index in [2.05, 4.69) is 69.6 Å². The fraction of sp³-hybridized carbons (Fsp3) is 0.500. The normalized spacial score (nSPS) is 13.5. The predicted molar refractivity (Wildman–Crippen MR) is 151 cm³/mol. The Balaban J connectivity index is 0.000000206. The van der Waals surface area contributed by atoms with Gasteiger partial charge in [-0.1, -0.05) is 45.4 Å². The third-order valence-electron chi connectivity index (χ3n) is 6.17. The second-order valence-electron chi connectivity index (χ2n) is 11.6. The van der Waals surface area contributed by atoms with Gasteiger partial charge in [0, 0.05) is 33.5 Å². The Labute approximate surface area is 225 Å². The first kappa shape index (κ1) is 28.6. The van der Waals surface area contributed by atoms with E-state index in [1.54, 1.807) is 23.2 Å². The lowest BCUT2D eigenvalue weighted by atomic mass is 9.92. The van der Waals surface area contributed by atoms with E-state index in [-0.39, 0.29) is 17.3 Å². The number of Topliss-reactive ketones (excluding diaryl/α,β-unsaturated/α-hetero) is 1. The van der Waals surface area contributed by atoms with Crippen molar-refractivity contribution in [1.82, 2.24) is 14.7 Å². The lowest BCUT2D eigenvalue weighted by molar-refractivity contribution is 0.0226.